The fraction of sp³-hybridized carbons (Fsp3) is 0.500. The number of nitrogens with zero attached hydrogens (tertiary/aromatic N) is 1. The summed E-state index contributed by atoms with van der Waals surface area (Å²) in [5.74, 6) is -0.641. The van der Waals surface area contributed by atoms with Crippen LogP contribution in [-0.2, 0) is 10.0 Å². The molecule has 108 valence electrons. The minimum atomic E-state index is -3.90. The van der Waals surface area contributed by atoms with Gasteiger partial charge in [-0.05, 0) is 38.5 Å². The van der Waals surface area contributed by atoms with Gasteiger partial charge in [-0.2, -0.15) is 0 Å². The number of anilines is 1. The first kappa shape index (κ1) is 15.9. The van der Waals surface area contributed by atoms with Gasteiger partial charge in [0.05, 0.1) is 10.6 Å². The molecular formula is C12H19FN2O3S. The Hall–Kier alpha value is -1.18. The molecular weight excluding hydrogens is 271 g/mol. The van der Waals surface area contributed by atoms with Crippen molar-refractivity contribution in [2.24, 2.45) is 5.14 Å². The first-order valence-corrected chi connectivity index (χ1v) is 7.52. The lowest BCUT2D eigenvalue weighted by molar-refractivity contribution is 0.288. The molecule has 7 heteroatoms. The third kappa shape index (κ3) is 4.15. The summed E-state index contributed by atoms with van der Waals surface area (Å²) in [5.41, 5.74) is 0.302. The van der Waals surface area contributed by atoms with E-state index < -0.39 is 15.8 Å². The third-order valence-electron chi connectivity index (χ3n) is 2.74. The Morgan fingerprint density at radius 3 is 2.47 bits per heavy atom. The number of hydrogen-bond acceptors (Lipinski definition) is 4. The number of halogens is 1. The van der Waals surface area contributed by atoms with Crippen LogP contribution in [0.3, 0.4) is 0 Å². The Bertz CT molecular complexity index is 532. The van der Waals surface area contributed by atoms with Gasteiger partial charge >= 0.3 is 0 Å². The molecule has 0 radical (unpaired) electrons. The van der Waals surface area contributed by atoms with Gasteiger partial charge in [-0.1, -0.05) is 0 Å². The Morgan fingerprint density at radius 2 is 2.05 bits per heavy atom. The van der Waals surface area contributed by atoms with Crippen LogP contribution in [0.25, 0.3) is 0 Å². The van der Waals surface area contributed by atoms with Gasteiger partial charge in [0, 0.05) is 19.2 Å². The molecule has 0 spiro atoms. The molecule has 1 aromatic rings. The van der Waals surface area contributed by atoms with Crippen molar-refractivity contribution < 1.29 is 17.9 Å². The van der Waals surface area contributed by atoms with E-state index in [0.717, 1.165) is 6.07 Å². The lowest BCUT2D eigenvalue weighted by Gasteiger charge is -2.29. The summed E-state index contributed by atoms with van der Waals surface area (Å²) < 4.78 is 36.3. The van der Waals surface area contributed by atoms with E-state index in [-0.39, 0.29) is 17.5 Å². The molecule has 0 aromatic heterocycles. The molecule has 0 saturated carbocycles. The van der Waals surface area contributed by atoms with E-state index in [9.17, 15) is 12.8 Å². The maximum atomic E-state index is 14.0. The molecule has 0 saturated heterocycles. The Balaban J connectivity index is 3.12. The molecule has 5 nitrogen and oxygen atoms in total. The van der Waals surface area contributed by atoms with Crippen LogP contribution in [0.15, 0.2) is 23.1 Å². The first-order valence-electron chi connectivity index (χ1n) is 5.97. The van der Waals surface area contributed by atoms with Gasteiger partial charge in [-0.25, -0.2) is 17.9 Å². The molecule has 0 atom stereocenters. The minimum Gasteiger partial charge on any atom is -0.396 e. The fourth-order valence-electron chi connectivity index (χ4n) is 1.80. The summed E-state index contributed by atoms with van der Waals surface area (Å²) in [4.78, 5) is 1.51. The van der Waals surface area contributed by atoms with Crippen LogP contribution in [0.5, 0.6) is 0 Å². The van der Waals surface area contributed by atoms with Crippen LogP contribution in [0, 0.1) is 5.82 Å². The lowest BCUT2D eigenvalue weighted by atomic mass is 10.2. The standard InChI is InChI=1S/C12H19FN2O3S/c1-9(2)15(6-3-7-16)12-5-4-10(8-11(12)13)19(14,17)18/h4-5,8-9,16H,3,6-7H2,1-2H3,(H2,14,17,18). The maximum Gasteiger partial charge on any atom is 0.238 e. The third-order valence-corrected chi connectivity index (χ3v) is 3.65. The Morgan fingerprint density at radius 1 is 1.42 bits per heavy atom. The van der Waals surface area contributed by atoms with Crippen molar-refractivity contribution in [2.75, 3.05) is 18.1 Å². The molecule has 3 N–H and O–H groups in total. The molecule has 1 rings (SSSR count). The summed E-state index contributed by atoms with van der Waals surface area (Å²) in [6.45, 7) is 4.29. The molecule has 0 unspecified atom stereocenters. The summed E-state index contributed by atoms with van der Waals surface area (Å²) in [6.07, 6.45) is 0.508. The van der Waals surface area contributed by atoms with E-state index in [4.69, 9.17) is 10.2 Å². The maximum absolute atomic E-state index is 14.0. The van der Waals surface area contributed by atoms with Crippen LogP contribution in [0.1, 0.15) is 20.3 Å². The average molecular weight is 290 g/mol. The van der Waals surface area contributed by atoms with Gasteiger partial charge in [0.2, 0.25) is 10.0 Å². The van der Waals surface area contributed by atoms with E-state index in [1.54, 1.807) is 4.90 Å². The quantitative estimate of drug-likeness (QED) is 0.821. The highest BCUT2D eigenvalue weighted by atomic mass is 32.2. The number of benzene rings is 1. The molecule has 19 heavy (non-hydrogen) atoms. The molecule has 0 aliphatic rings. The van der Waals surface area contributed by atoms with Crippen LogP contribution in [-0.4, -0.2) is 32.7 Å². The van der Waals surface area contributed by atoms with Gasteiger partial charge in [-0.15, -0.1) is 0 Å². The predicted octanol–water partition coefficient (Wildman–Crippen LogP) is 1.07. The van der Waals surface area contributed by atoms with Gasteiger partial charge in [0.25, 0.3) is 0 Å². The lowest BCUT2D eigenvalue weighted by Crippen LogP contribution is -2.33. The van der Waals surface area contributed by atoms with E-state index in [2.05, 4.69) is 0 Å². The van der Waals surface area contributed by atoms with Crippen molar-refractivity contribution in [1.29, 1.82) is 0 Å². The molecule has 0 aliphatic carbocycles. The smallest absolute Gasteiger partial charge is 0.238 e. The number of rotatable bonds is 6. The summed E-state index contributed by atoms with van der Waals surface area (Å²) in [5, 5.41) is 13.8. The Labute approximate surface area is 112 Å². The SMILES string of the molecule is CC(C)N(CCCO)c1ccc(S(N)(=O)=O)cc1F. The molecule has 0 amide bonds. The van der Waals surface area contributed by atoms with Gasteiger partial charge < -0.3 is 10.0 Å². The number of hydrogen-bond donors (Lipinski definition) is 2. The molecule has 0 aliphatic heterocycles. The monoisotopic (exact) mass is 290 g/mol. The Kier molecular flexibility index (Phi) is 5.28. The average Bonchev–Trinajstić information content (AvgIpc) is 2.29. The second kappa shape index (κ2) is 6.31. The zero-order valence-corrected chi connectivity index (χ0v) is 11.8. The van der Waals surface area contributed by atoms with Crippen molar-refractivity contribution in [3.63, 3.8) is 0 Å². The zero-order valence-electron chi connectivity index (χ0n) is 11.0. The molecule has 0 heterocycles. The number of nitrogens with two attached hydrogens (primary N) is 1. The minimum absolute atomic E-state index is 0.0140. The van der Waals surface area contributed by atoms with E-state index >= 15 is 0 Å². The highest BCUT2D eigenvalue weighted by Crippen LogP contribution is 2.24. The summed E-state index contributed by atoms with van der Waals surface area (Å²) in [6, 6.07) is 3.62. The van der Waals surface area contributed by atoms with E-state index in [1.165, 1.54) is 12.1 Å². The topological polar surface area (TPSA) is 83.6 Å². The van der Waals surface area contributed by atoms with Crippen LogP contribution in [0.2, 0.25) is 0 Å². The fourth-order valence-corrected chi connectivity index (χ4v) is 2.32. The van der Waals surface area contributed by atoms with Crippen LogP contribution < -0.4 is 10.0 Å². The van der Waals surface area contributed by atoms with Crippen LogP contribution in [0.4, 0.5) is 10.1 Å². The van der Waals surface area contributed by atoms with Gasteiger partial charge in [-0.3, -0.25) is 0 Å². The zero-order chi connectivity index (χ0) is 14.6. The highest BCUT2D eigenvalue weighted by Gasteiger charge is 2.17. The predicted molar refractivity (Wildman–Crippen MR) is 72.0 cm³/mol. The number of aliphatic hydroxyl groups is 1. The number of sulfonamides is 1. The van der Waals surface area contributed by atoms with E-state index in [1.807, 2.05) is 13.8 Å². The first-order chi connectivity index (χ1) is 8.77. The van der Waals surface area contributed by atoms with Crippen molar-refractivity contribution in [1.82, 2.24) is 0 Å². The van der Waals surface area contributed by atoms with Crippen molar-refractivity contribution >= 4 is 15.7 Å². The second-order valence-corrected chi connectivity index (χ2v) is 6.08. The van der Waals surface area contributed by atoms with Crippen molar-refractivity contribution in [3.05, 3.63) is 24.0 Å². The molecule has 1 aromatic carbocycles. The molecule has 0 bridgehead atoms. The van der Waals surface area contributed by atoms with E-state index in [0.29, 0.717) is 18.7 Å². The van der Waals surface area contributed by atoms with Crippen molar-refractivity contribution in [2.45, 2.75) is 31.2 Å². The number of primary sulfonamides is 1. The van der Waals surface area contributed by atoms with Crippen LogP contribution >= 0.6 is 0 Å². The molecule has 0 fully saturated rings. The van der Waals surface area contributed by atoms with Gasteiger partial charge in [0.1, 0.15) is 5.82 Å². The second-order valence-electron chi connectivity index (χ2n) is 4.52. The van der Waals surface area contributed by atoms with Gasteiger partial charge in [0.15, 0.2) is 0 Å². The number of aliphatic hydroxyl groups excluding tert-OH is 1. The van der Waals surface area contributed by atoms with Crippen molar-refractivity contribution in [3.8, 4) is 0 Å². The summed E-state index contributed by atoms with van der Waals surface area (Å²) >= 11 is 0. The summed E-state index contributed by atoms with van der Waals surface area (Å²) in [7, 11) is -3.90. The normalized spacial score (nSPS) is 11.9. The highest BCUT2D eigenvalue weighted by molar-refractivity contribution is 7.89. The largest absolute Gasteiger partial charge is 0.396 e.